The zero-order valence-electron chi connectivity index (χ0n) is 19.9. The van der Waals surface area contributed by atoms with E-state index in [9.17, 15) is 14.4 Å². The molecule has 9 heteroatoms. The van der Waals surface area contributed by atoms with Crippen LogP contribution in [0.5, 0.6) is 5.75 Å². The minimum absolute atomic E-state index is 0.133. The molecule has 1 saturated heterocycles. The number of rotatable bonds is 8. The van der Waals surface area contributed by atoms with Gasteiger partial charge in [0.1, 0.15) is 11.8 Å². The fourth-order valence-electron chi connectivity index (χ4n) is 4.78. The lowest BCUT2D eigenvalue weighted by Crippen LogP contribution is -2.50. The molecule has 4 amide bonds. The number of fused-ring (bicyclic) bond motifs is 5. The number of carbonyl (C=O) groups excluding carboxylic acids is 3. The third-order valence-corrected chi connectivity index (χ3v) is 6.64. The van der Waals surface area contributed by atoms with Crippen LogP contribution in [-0.4, -0.2) is 71.6 Å². The van der Waals surface area contributed by atoms with E-state index in [4.69, 9.17) is 9.47 Å². The van der Waals surface area contributed by atoms with E-state index in [1.807, 2.05) is 32.0 Å². The summed E-state index contributed by atoms with van der Waals surface area (Å²) in [5.74, 6) is -0.0134. The van der Waals surface area contributed by atoms with Crippen molar-refractivity contribution in [1.82, 2.24) is 20.1 Å². The Morgan fingerprint density at radius 3 is 2.73 bits per heavy atom. The maximum absolute atomic E-state index is 13.7. The number of benzene rings is 1. The van der Waals surface area contributed by atoms with Crippen molar-refractivity contribution in [3.63, 3.8) is 0 Å². The smallest absolute Gasteiger partial charge is 0.328 e. The van der Waals surface area contributed by atoms with E-state index in [0.717, 1.165) is 27.1 Å². The van der Waals surface area contributed by atoms with Crippen molar-refractivity contribution in [3.05, 3.63) is 29.5 Å². The van der Waals surface area contributed by atoms with Crippen LogP contribution in [0.2, 0.25) is 0 Å². The number of amides is 4. The summed E-state index contributed by atoms with van der Waals surface area (Å²) in [6, 6.07) is 4.37. The van der Waals surface area contributed by atoms with E-state index in [-0.39, 0.29) is 12.0 Å². The van der Waals surface area contributed by atoms with Crippen LogP contribution >= 0.6 is 0 Å². The summed E-state index contributed by atoms with van der Waals surface area (Å²) < 4.78 is 10.8. The van der Waals surface area contributed by atoms with Gasteiger partial charge >= 0.3 is 6.03 Å². The molecule has 4 rings (SSSR count). The highest BCUT2D eigenvalue weighted by molar-refractivity contribution is 6.11. The number of imide groups is 1. The standard InChI is InChI=1S/C24H32N4O5/c1-14(2)33-12-6-10-25-21(29)15(3)28-22(30)24(4)20-17(9-11-27(24)23(28)31)18-13-16(32-5)7-8-19(18)26-20/h7-8,13-15,26H,6,9-12H2,1-5H3,(H,25,29). The molecule has 1 aromatic carbocycles. The normalized spacial score (nSPS) is 20.9. The average Bonchev–Trinajstić information content (AvgIpc) is 3.25. The molecule has 2 aliphatic heterocycles. The van der Waals surface area contributed by atoms with Gasteiger partial charge in [-0.3, -0.25) is 9.59 Å². The quantitative estimate of drug-likeness (QED) is 0.469. The van der Waals surface area contributed by atoms with E-state index in [1.165, 1.54) is 0 Å². The zero-order chi connectivity index (χ0) is 23.9. The Hall–Kier alpha value is -3.07. The highest BCUT2D eigenvalue weighted by Crippen LogP contribution is 2.45. The Labute approximate surface area is 193 Å². The van der Waals surface area contributed by atoms with Crippen LogP contribution in [0.25, 0.3) is 10.9 Å². The van der Waals surface area contributed by atoms with Gasteiger partial charge in [-0.25, -0.2) is 9.69 Å². The Kier molecular flexibility index (Phi) is 6.09. The summed E-state index contributed by atoms with van der Waals surface area (Å²) >= 11 is 0. The minimum Gasteiger partial charge on any atom is -0.497 e. The maximum Gasteiger partial charge on any atom is 0.328 e. The number of carbonyl (C=O) groups is 3. The monoisotopic (exact) mass is 456 g/mol. The first-order valence-corrected chi connectivity index (χ1v) is 11.4. The van der Waals surface area contributed by atoms with Gasteiger partial charge in [0.05, 0.1) is 18.9 Å². The number of urea groups is 1. The molecule has 1 fully saturated rings. The van der Waals surface area contributed by atoms with Crippen LogP contribution in [-0.2, 0) is 26.3 Å². The molecule has 2 N–H and O–H groups in total. The Morgan fingerprint density at radius 1 is 1.27 bits per heavy atom. The highest BCUT2D eigenvalue weighted by Gasteiger charge is 2.60. The maximum atomic E-state index is 13.7. The average molecular weight is 457 g/mol. The topological polar surface area (TPSA) is 104 Å². The second kappa shape index (κ2) is 8.70. The van der Waals surface area contributed by atoms with Gasteiger partial charge in [-0.2, -0.15) is 0 Å². The SMILES string of the molecule is COc1ccc2[nH]c3c(c2c1)CCN1C(=O)N(C(C)C(=O)NCCCOC(C)C)C(=O)C31C. The first kappa shape index (κ1) is 23.1. The molecule has 2 atom stereocenters. The summed E-state index contributed by atoms with van der Waals surface area (Å²) in [7, 11) is 1.62. The van der Waals surface area contributed by atoms with E-state index in [0.29, 0.717) is 38.2 Å². The number of H-pyrrole nitrogens is 1. The van der Waals surface area contributed by atoms with Gasteiger partial charge in [0.15, 0.2) is 5.54 Å². The van der Waals surface area contributed by atoms with Gasteiger partial charge in [-0.05, 0) is 64.3 Å². The largest absolute Gasteiger partial charge is 0.497 e. The summed E-state index contributed by atoms with van der Waals surface area (Å²) in [6.45, 7) is 8.61. The molecule has 0 radical (unpaired) electrons. The molecule has 1 aromatic heterocycles. The van der Waals surface area contributed by atoms with Crippen molar-refractivity contribution in [2.45, 2.75) is 58.2 Å². The lowest BCUT2D eigenvalue weighted by atomic mass is 9.87. The molecule has 33 heavy (non-hydrogen) atoms. The molecular formula is C24H32N4O5. The van der Waals surface area contributed by atoms with Gasteiger partial charge < -0.3 is 24.7 Å². The Morgan fingerprint density at radius 2 is 2.03 bits per heavy atom. The molecule has 2 aliphatic rings. The molecule has 0 saturated carbocycles. The molecule has 9 nitrogen and oxygen atoms in total. The first-order chi connectivity index (χ1) is 15.7. The van der Waals surface area contributed by atoms with E-state index in [2.05, 4.69) is 10.3 Å². The van der Waals surface area contributed by atoms with E-state index < -0.39 is 23.5 Å². The molecular weight excluding hydrogens is 424 g/mol. The fraction of sp³-hybridized carbons (Fsp3) is 0.542. The molecule has 2 unspecified atom stereocenters. The number of nitrogens with zero attached hydrogens (tertiary/aromatic N) is 2. The number of aromatic amines is 1. The second-order valence-electron chi connectivity index (χ2n) is 9.06. The first-order valence-electron chi connectivity index (χ1n) is 11.4. The Balaban J connectivity index is 1.56. The van der Waals surface area contributed by atoms with Crippen LogP contribution < -0.4 is 10.1 Å². The predicted molar refractivity (Wildman–Crippen MR) is 123 cm³/mol. The van der Waals surface area contributed by atoms with Gasteiger partial charge in [0.2, 0.25) is 5.91 Å². The minimum atomic E-state index is -1.18. The molecule has 178 valence electrons. The van der Waals surface area contributed by atoms with Gasteiger partial charge in [-0.15, -0.1) is 0 Å². The number of hydrogen-bond donors (Lipinski definition) is 2. The van der Waals surface area contributed by atoms with Crippen molar-refractivity contribution in [2.24, 2.45) is 0 Å². The van der Waals surface area contributed by atoms with Gasteiger partial charge in [0.25, 0.3) is 5.91 Å². The van der Waals surface area contributed by atoms with Gasteiger partial charge in [-0.1, -0.05) is 0 Å². The van der Waals surface area contributed by atoms with Crippen molar-refractivity contribution < 1.29 is 23.9 Å². The fourth-order valence-corrected chi connectivity index (χ4v) is 4.78. The lowest BCUT2D eigenvalue weighted by Gasteiger charge is -2.36. The summed E-state index contributed by atoms with van der Waals surface area (Å²) in [6.07, 6.45) is 1.40. The number of ether oxygens (including phenoxy) is 2. The van der Waals surface area contributed by atoms with Crippen LogP contribution in [0.3, 0.4) is 0 Å². The molecule has 0 spiro atoms. The van der Waals surface area contributed by atoms with Crippen molar-refractivity contribution in [3.8, 4) is 5.75 Å². The third kappa shape index (κ3) is 3.74. The van der Waals surface area contributed by atoms with Crippen LogP contribution in [0.4, 0.5) is 4.79 Å². The zero-order valence-corrected chi connectivity index (χ0v) is 19.9. The van der Waals surface area contributed by atoms with E-state index >= 15 is 0 Å². The Bertz CT molecular complexity index is 1090. The van der Waals surface area contributed by atoms with E-state index in [1.54, 1.807) is 25.9 Å². The van der Waals surface area contributed by atoms with Crippen molar-refractivity contribution in [1.29, 1.82) is 0 Å². The van der Waals surface area contributed by atoms with Crippen molar-refractivity contribution in [2.75, 3.05) is 26.8 Å². The third-order valence-electron chi connectivity index (χ3n) is 6.64. The van der Waals surface area contributed by atoms with Crippen LogP contribution in [0, 0.1) is 0 Å². The lowest BCUT2D eigenvalue weighted by molar-refractivity contribution is -0.139. The van der Waals surface area contributed by atoms with Crippen LogP contribution in [0.15, 0.2) is 18.2 Å². The summed E-state index contributed by atoms with van der Waals surface area (Å²) in [5.41, 5.74) is 1.41. The molecule has 0 bridgehead atoms. The predicted octanol–water partition coefficient (Wildman–Crippen LogP) is 2.53. The molecule has 2 aromatic rings. The summed E-state index contributed by atoms with van der Waals surface area (Å²) in [4.78, 5) is 45.7. The second-order valence-corrected chi connectivity index (χ2v) is 9.06. The summed E-state index contributed by atoms with van der Waals surface area (Å²) in [5, 5.41) is 3.80. The number of nitrogens with one attached hydrogen (secondary N) is 2. The van der Waals surface area contributed by atoms with Crippen LogP contribution in [0.1, 0.15) is 45.4 Å². The molecule has 3 heterocycles. The highest BCUT2D eigenvalue weighted by atomic mass is 16.5. The molecule has 0 aliphatic carbocycles. The number of hydrogen-bond acceptors (Lipinski definition) is 5. The van der Waals surface area contributed by atoms with Crippen molar-refractivity contribution >= 4 is 28.7 Å². The van der Waals surface area contributed by atoms with Gasteiger partial charge in [0, 0.05) is 30.6 Å². The number of aromatic nitrogens is 1. The number of methoxy groups -OCH3 is 1.